The molecule has 1 aromatic heterocycles. The van der Waals surface area contributed by atoms with E-state index in [1.165, 1.54) is 2.90 Å². The van der Waals surface area contributed by atoms with Gasteiger partial charge in [-0.25, -0.2) is 0 Å². The number of aromatic nitrogens is 2. The van der Waals surface area contributed by atoms with E-state index in [-0.39, 0.29) is 5.56 Å². The second-order valence-electron chi connectivity index (χ2n) is 1.75. The summed E-state index contributed by atoms with van der Waals surface area (Å²) < 4.78 is 1.44. The van der Waals surface area contributed by atoms with Crippen LogP contribution < -0.4 is 5.56 Å². The summed E-state index contributed by atoms with van der Waals surface area (Å²) in [5, 5.41) is 2.88. The summed E-state index contributed by atoms with van der Waals surface area (Å²) in [5.41, 5.74) is 1.00. The fourth-order valence-corrected chi connectivity index (χ4v) is 1.05. The standard InChI is InChI=1S/C5H7IN2O/c1-2-4-3-5(9)8(6)7-4/h3,7H,2H2,1H3. The Morgan fingerprint density at radius 1 is 1.89 bits per heavy atom. The van der Waals surface area contributed by atoms with Crippen LogP contribution in [0.15, 0.2) is 10.9 Å². The normalized spacial score (nSPS) is 10.0. The van der Waals surface area contributed by atoms with E-state index in [0.717, 1.165) is 12.1 Å². The zero-order valence-corrected chi connectivity index (χ0v) is 7.18. The van der Waals surface area contributed by atoms with Gasteiger partial charge in [0.15, 0.2) is 0 Å². The molecule has 0 aliphatic rings. The van der Waals surface area contributed by atoms with Gasteiger partial charge in [-0.1, -0.05) is 6.92 Å². The average molecular weight is 238 g/mol. The maximum absolute atomic E-state index is 10.7. The van der Waals surface area contributed by atoms with E-state index in [9.17, 15) is 4.79 Å². The van der Waals surface area contributed by atoms with Gasteiger partial charge >= 0.3 is 0 Å². The lowest BCUT2D eigenvalue weighted by atomic mass is 10.3. The summed E-state index contributed by atoms with van der Waals surface area (Å²) in [5.74, 6) is 0. The van der Waals surface area contributed by atoms with Crippen LogP contribution in [0, 0.1) is 0 Å². The third-order valence-electron chi connectivity index (χ3n) is 1.11. The van der Waals surface area contributed by atoms with Crippen LogP contribution in [0.25, 0.3) is 0 Å². The molecule has 0 fully saturated rings. The van der Waals surface area contributed by atoms with Crippen LogP contribution in [0.2, 0.25) is 0 Å². The molecule has 9 heavy (non-hydrogen) atoms. The van der Waals surface area contributed by atoms with E-state index in [2.05, 4.69) is 5.10 Å². The zero-order valence-electron chi connectivity index (χ0n) is 5.02. The molecule has 4 heteroatoms. The smallest absolute Gasteiger partial charge is 0.275 e. The molecule has 0 spiro atoms. The molecule has 0 aromatic carbocycles. The van der Waals surface area contributed by atoms with Crippen molar-refractivity contribution in [3.63, 3.8) is 0 Å². The van der Waals surface area contributed by atoms with E-state index in [1.54, 1.807) is 6.07 Å². The van der Waals surface area contributed by atoms with Gasteiger partial charge < -0.3 is 0 Å². The van der Waals surface area contributed by atoms with Gasteiger partial charge in [-0.3, -0.25) is 9.89 Å². The minimum Gasteiger partial charge on any atom is -0.291 e. The Hall–Kier alpha value is -0.260. The fraction of sp³-hybridized carbons (Fsp3) is 0.400. The number of hydrogen-bond donors (Lipinski definition) is 1. The first-order valence-corrected chi connectivity index (χ1v) is 3.67. The predicted octanol–water partition coefficient (Wildman–Crippen LogP) is 0.937. The number of halogens is 1. The Balaban J connectivity index is 3.13. The molecule has 0 radical (unpaired) electrons. The van der Waals surface area contributed by atoms with E-state index in [0.29, 0.717) is 0 Å². The number of hydrogen-bond acceptors (Lipinski definition) is 1. The molecule has 0 unspecified atom stereocenters. The fourth-order valence-electron chi connectivity index (χ4n) is 0.600. The van der Waals surface area contributed by atoms with E-state index in [4.69, 9.17) is 0 Å². The maximum atomic E-state index is 10.7. The summed E-state index contributed by atoms with van der Waals surface area (Å²) in [4.78, 5) is 10.7. The quantitative estimate of drug-likeness (QED) is 0.726. The molecule has 1 heterocycles. The van der Waals surface area contributed by atoms with Gasteiger partial charge in [0.05, 0.1) is 22.9 Å². The van der Waals surface area contributed by atoms with Crippen molar-refractivity contribution in [2.45, 2.75) is 13.3 Å². The maximum Gasteiger partial charge on any atom is 0.275 e. The number of nitrogens with one attached hydrogen (secondary N) is 1. The van der Waals surface area contributed by atoms with Crippen LogP contribution in [0.1, 0.15) is 12.6 Å². The number of rotatable bonds is 1. The lowest BCUT2D eigenvalue weighted by Crippen LogP contribution is -2.03. The largest absolute Gasteiger partial charge is 0.291 e. The molecule has 0 atom stereocenters. The minimum absolute atomic E-state index is 0.0208. The minimum atomic E-state index is 0.0208. The summed E-state index contributed by atoms with van der Waals surface area (Å²) in [7, 11) is 0. The Morgan fingerprint density at radius 3 is 2.78 bits per heavy atom. The number of nitrogens with zero attached hydrogens (tertiary/aromatic N) is 1. The van der Waals surface area contributed by atoms with Gasteiger partial charge in [0.25, 0.3) is 5.56 Å². The monoisotopic (exact) mass is 238 g/mol. The second kappa shape index (κ2) is 2.55. The van der Waals surface area contributed by atoms with Crippen molar-refractivity contribution in [2.75, 3.05) is 0 Å². The lowest BCUT2D eigenvalue weighted by molar-refractivity contribution is 0.944. The van der Waals surface area contributed by atoms with Crippen molar-refractivity contribution in [1.82, 2.24) is 7.99 Å². The Bertz CT molecular complexity index is 250. The molecular formula is C5H7IN2O. The van der Waals surface area contributed by atoms with Gasteiger partial charge in [-0.05, 0) is 6.42 Å². The van der Waals surface area contributed by atoms with Crippen LogP contribution in [-0.4, -0.2) is 7.99 Å². The second-order valence-corrected chi connectivity index (χ2v) is 2.72. The third-order valence-corrected chi connectivity index (χ3v) is 1.83. The van der Waals surface area contributed by atoms with Crippen LogP contribution in [0.3, 0.4) is 0 Å². The van der Waals surface area contributed by atoms with Crippen LogP contribution in [0.5, 0.6) is 0 Å². The molecule has 0 bridgehead atoms. The SMILES string of the molecule is CCc1cc(=O)n(I)[nH]1. The van der Waals surface area contributed by atoms with E-state index < -0.39 is 0 Å². The van der Waals surface area contributed by atoms with Crippen molar-refractivity contribution in [2.24, 2.45) is 0 Å². The van der Waals surface area contributed by atoms with Crippen molar-refractivity contribution in [3.05, 3.63) is 22.1 Å². The molecule has 0 aliphatic heterocycles. The number of aromatic amines is 1. The van der Waals surface area contributed by atoms with E-state index >= 15 is 0 Å². The molecule has 0 saturated carbocycles. The van der Waals surface area contributed by atoms with Gasteiger partial charge in [0.2, 0.25) is 0 Å². The highest BCUT2D eigenvalue weighted by Gasteiger charge is 1.95. The summed E-state index contributed by atoms with van der Waals surface area (Å²) >= 11 is 1.92. The molecule has 1 aromatic rings. The molecule has 50 valence electrons. The van der Waals surface area contributed by atoms with Crippen molar-refractivity contribution >= 4 is 22.9 Å². The number of aryl methyl sites for hydroxylation is 1. The van der Waals surface area contributed by atoms with Crippen molar-refractivity contribution < 1.29 is 0 Å². The molecular weight excluding hydrogens is 231 g/mol. The first-order valence-electron chi connectivity index (χ1n) is 2.71. The summed E-state index contributed by atoms with van der Waals surface area (Å²) in [6, 6.07) is 1.60. The van der Waals surface area contributed by atoms with Crippen LogP contribution >= 0.6 is 22.9 Å². The Labute approximate surface area is 66.5 Å². The Morgan fingerprint density at radius 2 is 2.56 bits per heavy atom. The van der Waals surface area contributed by atoms with Gasteiger partial charge in [-0.15, -0.1) is 0 Å². The zero-order chi connectivity index (χ0) is 6.85. The molecule has 1 N–H and O–H groups in total. The predicted molar refractivity (Wildman–Crippen MR) is 43.8 cm³/mol. The third kappa shape index (κ3) is 1.35. The van der Waals surface area contributed by atoms with Gasteiger partial charge in [0, 0.05) is 11.8 Å². The van der Waals surface area contributed by atoms with E-state index in [1.807, 2.05) is 29.8 Å². The molecule has 0 amide bonds. The topological polar surface area (TPSA) is 37.8 Å². The molecule has 1 rings (SSSR count). The highest BCUT2D eigenvalue weighted by atomic mass is 127. The lowest BCUT2D eigenvalue weighted by Gasteiger charge is -1.84. The van der Waals surface area contributed by atoms with Gasteiger partial charge in [-0.2, -0.15) is 2.90 Å². The van der Waals surface area contributed by atoms with Crippen LogP contribution in [-0.2, 0) is 6.42 Å². The highest BCUT2D eigenvalue weighted by molar-refractivity contribution is 14.1. The molecule has 0 aliphatic carbocycles. The summed E-state index contributed by atoms with van der Waals surface area (Å²) in [6.07, 6.45) is 0.880. The Kier molecular flexibility index (Phi) is 1.94. The van der Waals surface area contributed by atoms with Crippen LogP contribution in [0.4, 0.5) is 0 Å². The van der Waals surface area contributed by atoms with Gasteiger partial charge in [0.1, 0.15) is 0 Å². The van der Waals surface area contributed by atoms with Crippen molar-refractivity contribution in [1.29, 1.82) is 0 Å². The average Bonchev–Trinajstić information content (AvgIpc) is 2.13. The first-order chi connectivity index (χ1) is 4.24. The molecule has 3 nitrogen and oxygen atoms in total. The first kappa shape index (κ1) is 6.85. The number of H-pyrrole nitrogens is 1. The molecule has 0 saturated heterocycles. The summed E-state index contributed by atoms with van der Waals surface area (Å²) in [6.45, 7) is 2.00. The highest BCUT2D eigenvalue weighted by Crippen LogP contribution is 1.92. The van der Waals surface area contributed by atoms with Crippen molar-refractivity contribution in [3.8, 4) is 0 Å².